The van der Waals surface area contributed by atoms with E-state index >= 15 is 0 Å². The van der Waals surface area contributed by atoms with E-state index in [2.05, 4.69) is 38.0 Å². The van der Waals surface area contributed by atoms with Crippen LogP contribution in [-0.4, -0.2) is 37.6 Å². The zero-order valence-electron chi connectivity index (χ0n) is 10.2. The molecule has 2 heteroatoms. The van der Waals surface area contributed by atoms with Gasteiger partial charge in [0.2, 0.25) is 0 Å². The molecule has 1 heterocycles. The first-order chi connectivity index (χ1) is 6.69. The molecule has 14 heavy (non-hydrogen) atoms. The molecule has 3 atom stereocenters. The molecule has 0 aromatic carbocycles. The van der Waals surface area contributed by atoms with Crippen molar-refractivity contribution in [3.8, 4) is 0 Å². The summed E-state index contributed by atoms with van der Waals surface area (Å²) < 4.78 is 0. The molecule has 0 radical (unpaired) electrons. The number of likely N-dealkylation sites (N-methyl/N-ethyl adjacent to an activating group) is 1. The van der Waals surface area contributed by atoms with Crippen LogP contribution in [0.2, 0.25) is 0 Å². The molecule has 0 spiro atoms. The molecule has 0 bridgehead atoms. The van der Waals surface area contributed by atoms with Crippen LogP contribution in [0.25, 0.3) is 0 Å². The number of hydrogen-bond donors (Lipinski definition) is 1. The Kier molecular flexibility index (Phi) is 4.90. The Bertz CT molecular complexity index is 158. The number of piperidine rings is 1. The molecule has 0 amide bonds. The van der Waals surface area contributed by atoms with Gasteiger partial charge in [0.15, 0.2) is 0 Å². The van der Waals surface area contributed by atoms with Crippen LogP contribution >= 0.6 is 0 Å². The van der Waals surface area contributed by atoms with Crippen molar-refractivity contribution in [1.29, 1.82) is 0 Å². The summed E-state index contributed by atoms with van der Waals surface area (Å²) >= 11 is 0. The fourth-order valence-corrected chi connectivity index (χ4v) is 2.39. The average Bonchev–Trinajstić information content (AvgIpc) is 2.19. The van der Waals surface area contributed by atoms with E-state index in [1.165, 1.54) is 25.9 Å². The van der Waals surface area contributed by atoms with Gasteiger partial charge in [-0.25, -0.2) is 0 Å². The van der Waals surface area contributed by atoms with Crippen molar-refractivity contribution in [3.05, 3.63) is 0 Å². The van der Waals surface area contributed by atoms with Crippen LogP contribution in [0.4, 0.5) is 0 Å². The minimum absolute atomic E-state index is 0.745. The lowest BCUT2D eigenvalue weighted by atomic mass is 9.88. The standard InChI is InChI=1S/C12H26N2/c1-5-12(8-13-4)14-7-6-10(2)11(3)9-14/h10-13H,5-9H2,1-4H3. The highest BCUT2D eigenvalue weighted by atomic mass is 15.2. The van der Waals surface area contributed by atoms with Crippen LogP contribution in [0, 0.1) is 11.8 Å². The minimum atomic E-state index is 0.745. The van der Waals surface area contributed by atoms with Crippen LogP contribution in [0.1, 0.15) is 33.6 Å². The van der Waals surface area contributed by atoms with Gasteiger partial charge >= 0.3 is 0 Å². The van der Waals surface area contributed by atoms with Crippen LogP contribution < -0.4 is 5.32 Å². The molecule has 3 unspecified atom stereocenters. The summed E-state index contributed by atoms with van der Waals surface area (Å²) in [5.41, 5.74) is 0. The molecular weight excluding hydrogens is 172 g/mol. The number of likely N-dealkylation sites (tertiary alicyclic amines) is 1. The van der Waals surface area contributed by atoms with Crippen LogP contribution in [-0.2, 0) is 0 Å². The lowest BCUT2D eigenvalue weighted by Crippen LogP contribution is -2.47. The minimum Gasteiger partial charge on any atom is -0.318 e. The summed E-state index contributed by atoms with van der Waals surface area (Å²) in [6.07, 6.45) is 2.64. The highest BCUT2D eigenvalue weighted by Gasteiger charge is 2.26. The number of nitrogens with one attached hydrogen (secondary N) is 1. The Hall–Kier alpha value is -0.0800. The Morgan fingerprint density at radius 3 is 2.57 bits per heavy atom. The number of rotatable bonds is 4. The Labute approximate surface area is 89.1 Å². The first-order valence-corrected chi connectivity index (χ1v) is 6.07. The van der Waals surface area contributed by atoms with Gasteiger partial charge in [-0.3, -0.25) is 4.90 Å². The molecule has 2 nitrogen and oxygen atoms in total. The highest BCUT2D eigenvalue weighted by Crippen LogP contribution is 2.24. The molecular formula is C12H26N2. The Morgan fingerprint density at radius 2 is 2.07 bits per heavy atom. The Balaban J connectivity index is 2.43. The van der Waals surface area contributed by atoms with E-state index in [0.29, 0.717) is 0 Å². The summed E-state index contributed by atoms with van der Waals surface area (Å²) in [5.74, 6) is 1.79. The molecule has 1 rings (SSSR count). The van der Waals surface area contributed by atoms with Crippen molar-refractivity contribution < 1.29 is 0 Å². The Morgan fingerprint density at radius 1 is 1.36 bits per heavy atom. The zero-order chi connectivity index (χ0) is 10.6. The van der Waals surface area contributed by atoms with Gasteiger partial charge in [0.05, 0.1) is 0 Å². The van der Waals surface area contributed by atoms with Gasteiger partial charge in [0.25, 0.3) is 0 Å². The van der Waals surface area contributed by atoms with Crippen LogP contribution in [0.5, 0.6) is 0 Å². The normalized spacial score (nSPS) is 31.7. The first kappa shape index (κ1) is 12.0. The molecule has 0 aliphatic carbocycles. The average molecular weight is 198 g/mol. The first-order valence-electron chi connectivity index (χ1n) is 6.07. The van der Waals surface area contributed by atoms with E-state index in [4.69, 9.17) is 0 Å². The van der Waals surface area contributed by atoms with Gasteiger partial charge in [-0.1, -0.05) is 20.8 Å². The summed E-state index contributed by atoms with van der Waals surface area (Å²) in [4.78, 5) is 2.67. The maximum atomic E-state index is 3.30. The fourth-order valence-electron chi connectivity index (χ4n) is 2.39. The third kappa shape index (κ3) is 2.96. The third-order valence-corrected chi connectivity index (χ3v) is 3.79. The number of hydrogen-bond acceptors (Lipinski definition) is 2. The van der Waals surface area contributed by atoms with E-state index in [0.717, 1.165) is 24.4 Å². The molecule has 0 aromatic rings. The molecule has 1 aliphatic heterocycles. The maximum Gasteiger partial charge on any atom is 0.0218 e. The van der Waals surface area contributed by atoms with E-state index in [9.17, 15) is 0 Å². The number of nitrogens with zero attached hydrogens (tertiary/aromatic N) is 1. The van der Waals surface area contributed by atoms with Crippen molar-refractivity contribution >= 4 is 0 Å². The van der Waals surface area contributed by atoms with Gasteiger partial charge in [-0.15, -0.1) is 0 Å². The van der Waals surface area contributed by atoms with Gasteiger partial charge in [-0.2, -0.15) is 0 Å². The maximum absolute atomic E-state index is 3.30. The molecule has 0 saturated carbocycles. The summed E-state index contributed by atoms with van der Waals surface area (Å²) in [5, 5.41) is 3.30. The topological polar surface area (TPSA) is 15.3 Å². The molecule has 1 aliphatic rings. The quantitative estimate of drug-likeness (QED) is 0.743. The van der Waals surface area contributed by atoms with Crippen molar-refractivity contribution in [2.24, 2.45) is 11.8 Å². The van der Waals surface area contributed by atoms with Gasteiger partial charge in [-0.05, 0) is 38.3 Å². The second-order valence-corrected chi connectivity index (χ2v) is 4.86. The fraction of sp³-hybridized carbons (Fsp3) is 1.00. The van der Waals surface area contributed by atoms with Crippen molar-refractivity contribution in [1.82, 2.24) is 10.2 Å². The summed E-state index contributed by atoms with van der Waals surface area (Å²) in [6, 6.07) is 0.745. The predicted molar refractivity (Wildman–Crippen MR) is 62.5 cm³/mol. The highest BCUT2D eigenvalue weighted by molar-refractivity contribution is 4.80. The zero-order valence-corrected chi connectivity index (χ0v) is 10.2. The van der Waals surface area contributed by atoms with E-state index in [1.54, 1.807) is 0 Å². The van der Waals surface area contributed by atoms with Crippen LogP contribution in [0.3, 0.4) is 0 Å². The van der Waals surface area contributed by atoms with E-state index in [-0.39, 0.29) is 0 Å². The summed E-state index contributed by atoms with van der Waals surface area (Å²) in [7, 11) is 2.05. The SMILES string of the molecule is CCC(CNC)N1CCC(C)C(C)C1. The molecule has 84 valence electrons. The summed E-state index contributed by atoms with van der Waals surface area (Å²) in [6.45, 7) is 10.8. The van der Waals surface area contributed by atoms with Crippen molar-refractivity contribution in [2.75, 3.05) is 26.7 Å². The van der Waals surface area contributed by atoms with E-state index < -0.39 is 0 Å². The lowest BCUT2D eigenvalue weighted by molar-refractivity contribution is 0.0933. The van der Waals surface area contributed by atoms with Gasteiger partial charge < -0.3 is 5.32 Å². The molecule has 0 aromatic heterocycles. The molecule has 1 N–H and O–H groups in total. The van der Waals surface area contributed by atoms with E-state index in [1.807, 2.05) is 0 Å². The lowest BCUT2D eigenvalue weighted by Gasteiger charge is -2.40. The second kappa shape index (κ2) is 5.72. The molecule has 1 saturated heterocycles. The van der Waals surface area contributed by atoms with Crippen molar-refractivity contribution in [3.63, 3.8) is 0 Å². The monoisotopic (exact) mass is 198 g/mol. The predicted octanol–water partition coefficient (Wildman–Crippen LogP) is 1.96. The van der Waals surface area contributed by atoms with Gasteiger partial charge in [0, 0.05) is 19.1 Å². The largest absolute Gasteiger partial charge is 0.318 e. The van der Waals surface area contributed by atoms with Crippen LogP contribution in [0.15, 0.2) is 0 Å². The van der Waals surface area contributed by atoms with Crippen molar-refractivity contribution in [2.45, 2.75) is 39.7 Å². The second-order valence-electron chi connectivity index (χ2n) is 4.86. The van der Waals surface area contributed by atoms with Gasteiger partial charge in [0.1, 0.15) is 0 Å². The third-order valence-electron chi connectivity index (χ3n) is 3.79. The molecule has 1 fully saturated rings. The smallest absolute Gasteiger partial charge is 0.0218 e.